The molecule has 0 aliphatic rings. The van der Waals surface area contributed by atoms with E-state index in [0.717, 1.165) is 0 Å². The van der Waals surface area contributed by atoms with Gasteiger partial charge in [0.1, 0.15) is 11.5 Å². The number of hydrogen-bond donors (Lipinski definition) is 3. The molecule has 26 heavy (non-hydrogen) atoms. The first-order valence-electron chi connectivity index (χ1n) is 7.33. The molecule has 2 aromatic carbocycles. The van der Waals surface area contributed by atoms with Crippen molar-refractivity contribution in [2.75, 3.05) is 11.8 Å². The molecule has 3 N–H and O–H groups in total. The third-order valence-corrected chi connectivity index (χ3v) is 5.24. The molecule has 0 amide bonds. The molecule has 0 saturated carbocycles. The smallest absolute Gasteiger partial charge is 0.262 e. The molecule has 11 heteroatoms. The lowest BCUT2D eigenvalue weighted by Gasteiger charge is -2.13. The second-order valence-electron chi connectivity index (χ2n) is 5.36. The first-order valence-corrected chi connectivity index (χ1v) is 9.22. The highest BCUT2D eigenvalue weighted by Gasteiger charge is 2.18. The predicted octanol–water partition coefficient (Wildman–Crippen LogP) is 2.15. The van der Waals surface area contributed by atoms with Gasteiger partial charge in [-0.3, -0.25) is 4.72 Å². The number of H-pyrrole nitrogens is 1. The summed E-state index contributed by atoms with van der Waals surface area (Å²) >= 11 is 5.01. The minimum Gasteiger partial charge on any atom is -0.506 e. The molecule has 3 rings (SSSR count). The molecule has 136 valence electrons. The Labute approximate surface area is 154 Å². The highest BCUT2D eigenvalue weighted by Crippen LogP contribution is 2.33. The zero-order valence-electron chi connectivity index (χ0n) is 13.8. The van der Waals surface area contributed by atoms with Crippen LogP contribution in [-0.2, 0) is 10.0 Å². The molecule has 1 heterocycles. The zero-order valence-corrected chi connectivity index (χ0v) is 15.4. The Kier molecular flexibility index (Phi) is 4.66. The van der Waals surface area contributed by atoms with Gasteiger partial charge in [-0.05, 0) is 49.0 Å². The van der Waals surface area contributed by atoms with Crippen molar-refractivity contribution in [1.29, 1.82) is 0 Å². The summed E-state index contributed by atoms with van der Waals surface area (Å²) in [5.41, 5.74) is 1.14. The fourth-order valence-corrected chi connectivity index (χ4v) is 3.62. The van der Waals surface area contributed by atoms with Crippen LogP contribution in [0.3, 0.4) is 0 Å². The van der Waals surface area contributed by atoms with Crippen LogP contribution in [0.4, 0.5) is 5.69 Å². The van der Waals surface area contributed by atoms with Crippen molar-refractivity contribution in [2.45, 2.75) is 11.8 Å². The molecule has 0 atom stereocenters. The Bertz CT molecular complexity index is 1120. The average molecular weight is 393 g/mol. The van der Waals surface area contributed by atoms with Crippen LogP contribution in [-0.4, -0.2) is 40.8 Å². The fourth-order valence-electron chi connectivity index (χ4n) is 2.33. The number of rotatable bonds is 5. The van der Waals surface area contributed by atoms with Gasteiger partial charge in [-0.25, -0.2) is 13.1 Å². The molecular weight excluding hydrogens is 378 g/mol. The van der Waals surface area contributed by atoms with E-state index < -0.39 is 10.0 Å². The average Bonchev–Trinajstić information content (AvgIpc) is 3.03. The number of phenolic OH excluding ortho intramolecular Hbond substituents is 1. The Morgan fingerprint density at radius 3 is 2.73 bits per heavy atom. The number of aryl methyl sites for hydroxylation is 1. The number of methoxy groups -OCH3 is 1. The lowest BCUT2D eigenvalue weighted by atomic mass is 10.2. The van der Waals surface area contributed by atoms with Crippen molar-refractivity contribution in [3.8, 4) is 17.2 Å². The summed E-state index contributed by atoms with van der Waals surface area (Å²) in [4.78, 5) is -0.0227. The normalized spacial score (nSPS) is 11.3. The number of aromatic nitrogens is 4. The predicted molar refractivity (Wildman–Crippen MR) is 96.7 cm³/mol. The Balaban J connectivity index is 2.00. The van der Waals surface area contributed by atoms with Crippen LogP contribution in [0.2, 0.25) is 0 Å². The van der Waals surface area contributed by atoms with Crippen molar-refractivity contribution < 1.29 is 18.3 Å². The van der Waals surface area contributed by atoms with Gasteiger partial charge >= 0.3 is 0 Å². The maximum Gasteiger partial charge on any atom is 0.262 e. The quantitative estimate of drug-likeness (QED) is 0.448. The van der Waals surface area contributed by atoms with E-state index in [1.807, 2.05) is 0 Å². The van der Waals surface area contributed by atoms with E-state index in [1.165, 1.54) is 36.1 Å². The van der Waals surface area contributed by atoms with Crippen LogP contribution >= 0.6 is 12.2 Å². The highest BCUT2D eigenvalue weighted by molar-refractivity contribution is 7.92. The minimum atomic E-state index is -3.97. The van der Waals surface area contributed by atoms with Crippen LogP contribution < -0.4 is 9.46 Å². The SMILES string of the molecule is COc1cc(NS(=O)(=O)c2cccc(-n3[nH]nnc3=S)c2)c(O)cc1C. The van der Waals surface area contributed by atoms with Crippen molar-refractivity contribution in [3.63, 3.8) is 0 Å². The summed E-state index contributed by atoms with van der Waals surface area (Å²) in [6.07, 6.45) is 0. The van der Waals surface area contributed by atoms with E-state index in [0.29, 0.717) is 17.0 Å². The van der Waals surface area contributed by atoms with Gasteiger partial charge in [0.05, 0.1) is 23.4 Å². The third-order valence-electron chi connectivity index (χ3n) is 3.62. The second kappa shape index (κ2) is 6.77. The molecule has 0 saturated heterocycles. The number of benzene rings is 2. The zero-order chi connectivity index (χ0) is 18.9. The summed E-state index contributed by atoms with van der Waals surface area (Å²) in [5, 5.41) is 19.8. The number of aromatic amines is 1. The Hall–Kier alpha value is -2.92. The maximum absolute atomic E-state index is 12.7. The monoisotopic (exact) mass is 393 g/mol. The number of nitrogens with one attached hydrogen (secondary N) is 2. The molecule has 0 unspecified atom stereocenters. The molecule has 1 aromatic heterocycles. The molecule has 9 nitrogen and oxygen atoms in total. The van der Waals surface area contributed by atoms with E-state index >= 15 is 0 Å². The van der Waals surface area contributed by atoms with Crippen LogP contribution in [0.5, 0.6) is 11.5 Å². The number of phenols is 1. The van der Waals surface area contributed by atoms with Crippen LogP contribution in [0, 0.1) is 11.7 Å². The van der Waals surface area contributed by atoms with E-state index in [1.54, 1.807) is 19.1 Å². The molecule has 0 radical (unpaired) electrons. The lowest BCUT2D eigenvalue weighted by Crippen LogP contribution is -2.14. The third kappa shape index (κ3) is 3.39. The molecular formula is C15H15N5O4S2. The van der Waals surface area contributed by atoms with E-state index in [2.05, 4.69) is 20.2 Å². The maximum atomic E-state index is 12.7. The summed E-state index contributed by atoms with van der Waals surface area (Å²) in [6, 6.07) is 8.87. The first kappa shape index (κ1) is 17.9. The molecule has 3 aromatic rings. The summed E-state index contributed by atoms with van der Waals surface area (Å²) in [6.45, 7) is 1.74. The number of tetrazole rings is 1. The van der Waals surface area contributed by atoms with E-state index in [4.69, 9.17) is 17.0 Å². The van der Waals surface area contributed by atoms with Crippen LogP contribution in [0.1, 0.15) is 5.56 Å². The van der Waals surface area contributed by atoms with Crippen molar-refractivity contribution >= 4 is 27.9 Å². The fraction of sp³-hybridized carbons (Fsp3) is 0.133. The number of sulfonamides is 1. The van der Waals surface area contributed by atoms with Gasteiger partial charge in [0.2, 0.25) is 4.77 Å². The number of hydrogen-bond acceptors (Lipinski definition) is 7. The standard InChI is InChI=1S/C15H15N5O4S2/c1-9-6-13(21)12(8-14(9)24-2)17-26(22,23)11-5-3-4-10(7-11)20-15(25)16-18-19-20/h3-8,17,21H,1-2H3,(H,16,19,25). The van der Waals surface area contributed by atoms with Crippen LogP contribution in [0.15, 0.2) is 41.3 Å². The summed E-state index contributed by atoms with van der Waals surface area (Å²) in [7, 11) is -2.51. The van der Waals surface area contributed by atoms with E-state index in [9.17, 15) is 13.5 Å². The number of nitrogens with zero attached hydrogens (tertiary/aromatic N) is 3. The Morgan fingerprint density at radius 2 is 2.08 bits per heavy atom. The van der Waals surface area contributed by atoms with Gasteiger partial charge in [0.25, 0.3) is 10.0 Å². The van der Waals surface area contributed by atoms with Crippen LogP contribution in [0.25, 0.3) is 5.69 Å². The molecule has 0 fully saturated rings. The van der Waals surface area contributed by atoms with Gasteiger partial charge < -0.3 is 9.84 Å². The molecule has 0 bridgehead atoms. The van der Waals surface area contributed by atoms with Gasteiger partial charge in [-0.15, -0.1) is 0 Å². The summed E-state index contributed by atoms with van der Waals surface area (Å²) in [5.74, 6) is 0.243. The number of ether oxygens (including phenoxy) is 1. The molecule has 0 aliphatic heterocycles. The highest BCUT2D eigenvalue weighted by atomic mass is 32.2. The largest absolute Gasteiger partial charge is 0.506 e. The first-order chi connectivity index (χ1) is 12.3. The van der Waals surface area contributed by atoms with Gasteiger partial charge in [0.15, 0.2) is 0 Å². The van der Waals surface area contributed by atoms with Crippen molar-refractivity contribution in [3.05, 3.63) is 46.7 Å². The Morgan fingerprint density at radius 1 is 1.31 bits per heavy atom. The van der Waals surface area contributed by atoms with Crippen molar-refractivity contribution in [2.24, 2.45) is 0 Å². The number of anilines is 1. The number of aromatic hydroxyl groups is 1. The van der Waals surface area contributed by atoms with Crippen molar-refractivity contribution in [1.82, 2.24) is 20.2 Å². The topological polar surface area (TPSA) is 122 Å². The van der Waals surface area contributed by atoms with Gasteiger partial charge in [0, 0.05) is 6.07 Å². The molecule has 0 aliphatic carbocycles. The minimum absolute atomic E-state index is 0.0117. The van der Waals surface area contributed by atoms with Gasteiger partial charge in [-0.1, -0.05) is 16.4 Å². The molecule has 0 spiro atoms. The summed E-state index contributed by atoms with van der Waals surface area (Å²) < 4.78 is 34.5. The van der Waals surface area contributed by atoms with E-state index in [-0.39, 0.29) is 21.1 Å². The second-order valence-corrected chi connectivity index (χ2v) is 7.41. The van der Waals surface area contributed by atoms with Gasteiger partial charge in [-0.2, -0.15) is 5.21 Å². The lowest BCUT2D eigenvalue weighted by molar-refractivity contribution is 0.409.